The zero-order valence-electron chi connectivity index (χ0n) is 11.5. The van der Waals surface area contributed by atoms with E-state index in [2.05, 4.69) is 5.10 Å². The summed E-state index contributed by atoms with van der Waals surface area (Å²) in [6.45, 7) is 0.851. The Balaban J connectivity index is 2.01. The Morgan fingerprint density at radius 1 is 1.62 bits per heavy atom. The number of benzene rings is 1. The quantitative estimate of drug-likeness (QED) is 0.861. The molecule has 0 spiro atoms. The molecule has 1 aliphatic rings. The molecule has 6 heteroatoms. The Morgan fingerprint density at radius 3 is 3.14 bits per heavy atom. The normalized spacial score (nSPS) is 16.3. The number of nitriles is 1. The maximum absolute atomic E-state index is 14.1. The lowest BCUT2D eigenvalue weighted by Crippen LogP contribution is -2.19. The van der Waals surface area contributed by atoms with Gasteiger partial charge in [-0.2, -0.15) is 10.4 Å². The second kappa shape index (κ2) is 5.54. The predicted molar refractivity (Wildman–Crippen MR) is 72.4 cm³/mol. The van der Waals surface area contributed by atoms with Crippen LogP contribution in [0.5, 0.6) is 5.75 Å². The second-order valence-corrected chi connectivity index (χ2v) is 4.91. The first kappa shape index (κ1) is 13.6. The standard InChI is InChI=1S/C15H14FN3O2/c1-20-9-11-6-12-10(8-19-4-2-3-18-19)5-14(16)13(7-17)15(12)21-11/h2-5,11H,6,8-9H2,1H3. The molecule has 0 saturated heterocycles. The molecule has 0 fully saturated rings. The Labute approximate surface area is 121 Å². The zero-order valence-corrected chi connectivity index (χ0v) is 11.5. The molecule has 0 aliphatic carbocycles. The molecule has 1 aromatic carbocycles. The summed E-state index contributed by atoms with van der Waals surface area (Å²) in [6, 6.07) is 5.09. The van der Waals surface area contributed by atoms with Gasteiger partial charge in [-0.3, -0.25) is 4.68 Å². The van der Waals surface area contributed by atoms with E-state index in [-0.39, 0.29) is 11.7 Å². The van der Waals surface area contributed by atoms with Gasteiger partial charge in [-0.15, -0.1) is 0 Å². The average Bonchev–Trinajstić information content (AvgIpc) is 3.09. The highest BCUT2D eigenvalue weighted by molar-refractivity contribution is 5.55. The van der Waals surface area contributed by atoms with Gasteiger partial charge in [0.1, 0.15) is 29.3 Å². The van der Waals surface area contributed by atoms with Crippen LogP contribution >= 0.6 is 0 Å². The first-order valence-electron chi connectivity index (χ1n) is 6.60. The van der Waals surface area contributed by atoms with Crippen molar-refractivity contribution < 1.29 is 13.9 Å². The third-order valence-corrected chi connectivity index (χ3v) is 3.50. The minimum Gasteiger partial charge on any atom is -0.486 e. The van der Waals surface area contributed by atoms with Crippen LogP contribution in [0.15, 0.2) is 24.5 Å². The number of ether oxygens (including phenoxy) is 2. The summed E-state index contributed by atoms with van der Waals surface area (Å²) in [5.41, 5.74) is 1.61. The van der Waals surface area contributed by atoms with Crippen molar-refractivity contribution in [3.8, 4) is 11.8 Å². The van der Waals surface area contributed by atoms with Crippen LogP contribution in [0.3, 0.4) is 0 Å². The number of nitrogens with zero attached hydrogens (tertiary/aromatic N) is 3. The fourth-order valence-electron chi connectivity index (χ4n) is 2.60. The summed E-state index contributed by atoms with van der Waals surface area (Å²) in [7, 11) is 1.59. The molecule has 108 valence electrons. The molecule has 3 rings (SSSR count). The van der Waals surface area contributed by atoms with E-state index in [9.17, 15) is 4.39 Å². The van der Waals surface area contributed by atoms with Crippen LogP contribution in [0.4, 0.5) is 4.39 Å². The van der Waals surface area contributed by atoms with Gasteiger partial charge in [0.2, 0.25) is 0 Å². The summed E-state index contributed by atoms with van der Waals surface area (Å²) >= 11 is 0. The van der Waals surface area contributed by atoms with E-state index in [0.29, 0.717) is 25.3 Å². The number of fused-ring (bicyclic) bond motifs is 1. The lowest BCUT2D eigenvalue weighted by Gasteiger charge is -2.10. The summed E-state index contributed by atoms with van der Waals surface area (Å²) in [4.78, 5) is 0. The zero-order chi connectivity index (χ0) is 14.8. The molecule has 0 saturated carbocycles. The minimum absolute atomic E-state index is 0.0344. The minimum atomic E-state index is -0.559. The van der Waals surface area contributed by atoms with Crippen molar-refractivity contribution in [1.29, 1.82) is 5.26 Å². The lowest BCUT2D eigenvalue weighted by molar-refractivity contribution is 0.0948. The maximum atomic E-state index is 14.1. The first-order valence-corrected chi connectivity index (χ1v) is 6.60. The van der Waals surface area contributed by atoms with E-state index in [0.717, 1.165) is 11.1 Å². The highest BCUT2D eigenvalue weighted by atomic mass is 19.1. The summed E-state index contributed by atoms with van der Waals surface area (Å²) in [6.07, 6.45) is 3.90. The van der Waals surface area contributed by atoms with Crippen molar-refractivity contribution >= 4 is 0 Å². The van der Waals surface area contributed by atoms with Crippen molar-refractivity contribution in [3.05, 3.63) is 47.0 Å². The van der Waals surface area contributed by atoms with Crippen LogP contribution in [0, 0.1) is 17.1 Å². The SMILES string of the molecule is COCC1Cc2c(Cn3cccn3)cc(F)c(C#N)c2O1. The molecule has 1 aliphatic heterocycles. The number of methoxy groups -OCH3 is 1. The number of aromatic nitrogens is 2. The third-order valence-electron chi connectivity index (χ3n) is 3.50. The molecule has 21 heavy (non-hydrogen) atoms. The fraction of sp³-hybridized carbons (Fsp3) is 0.333. The summed E-state index contributed by atoms with van der Waals surface area (Å²) in [5.74, 6) is -0.210. The Kier molecular flexibility index (Phi) is 3.59. The first-order chi connectivity index (χ1) is 10.2. The predicted octanol–water partition coefficient (Wildman–Crippen LogP) is 1.89. The van der Waals surface area contributed by atoms with Crippen LogP contribution < -0.4 is 4.74 Å². The molecule has 0 N–H and O–H groups in total. The van der Waals surface area contributed by atoms with Crippen LogP contribution in [-0.4, -0.2) is 29.6 Å². The number of hydrogen-bond acceptors (Lipinski definition) is 4. The van der Waals surface area contributed by atoms with E-state index in [4.69, 9.17) is 14.7 Å². The summed E-state index contributed by atoms with van der Waals surface area (Å²) < 4.78 is 26.6. The van der Waals surface area contributed by atoms with Crippen LogP contribution in [0.1, 0.15) is 16.7 Å². The monoisotopic (exact) mass is 287 g/mol. The number of hydrogen-bond donors (Lipinski definition) is 0. The van der Waals surface area contributed by atoms with E-state index >= 15 is 0 Å². The van der Waals surface area contributed by atoms with Gasteiger partial charge in [0, 0.05) is 31.5 Å². The molecule has 1 unspecified atom stereocenters. The van der Waals surface area contributed by atoms with Gasteiger partial charge in [-0.1, -0.05) is 0 Å². The van der Waals surface area contributed by atoms with Crippen LogP contribution in [0.25, 0.3) is 0 Å². The van der Waals surface area contributed by atoms with Gasteiger partial charge < -0.3 is 9.47 Å². The van der Waals surface area contributed by atoms with E-state index in [1.54, 1.807) is 18.0 Å². The largest absolute Gasteiger partial charge is 0.486 e. The van der Waals surface area contributed by atoms with Gasteiger partial charge in [0.25, 0.3) is 0 Å². The van der Waals surface area contributed by atoms with Crippen molar-refractivity contribution in [2.45, 2.75) is 19.1 Å². The molecule has 2 aromatic rings. The number of halogens is 1. The van der Waals surface area contributed by atoms with Gasteiger partial charge in [0.15, 0.2) is 0 Å². The molecule has 0 bridgehead atoms. The van der Waals surface area contributed by atoms with E-state index in [1.807, 2.05) is 18.3 Å². The van der Waals surface area contributed by atoms with Crippen molar-refractivity contribution in [2.24, 2.45) is 0 Å². The van der Waals surface area contributed by atoms with Crippen molar-refractivity contribution in [2.75, 3.05) is 13.7 Å². The Morgan fingerprint density at radius 2 is 2.48 bits per heavy atom. The average molecular weight is 287 g/mol. The van der Waals surface area contributed by atoms with Crippen molar-refractivity contribution in [1.82, 2.24) is 9.78 Å². The maximum Gasteiger partial charge on any atom is 0.145 e. The lowest BCUT2D eigenvalue weighted by atomic mass is 9.99. The van der Waals surface area contributed by atoms with Crippen LogP contribution in [-0.2, 0) is 17.7 Å². The topological polar surface area (TPSA) is 60.1 Å². The van der Waals surface area contributed by atoms with Gasteiger partial charge >= 0.3 is 0 Å². The Hall–Kier alpha value is -2.39. The fourth-order valence-corrected chi connectivity index (χ4v) is 2.60. The van der Waals surface area contributed by atoms with Crippen molar-refractivity contribution in [3.63, 3.8) is 0 Å². The van der Waals surface area contributed by atoms with E-state index < -0.39 is 5.82 Å². The van der Waals surface area contributed by atoms with Gasteiger partial charge in [0.05, 0.1) is 13.2 Å². The smallest absolute Gasteiger partial charge is 0.145 e. The second-order valence-electron chi connectivity index (χ2n) is 4.91. The summed E-state index contributed by atoms with van der Waals surface area (Å²) in [5, 5.41) is 13.3. The molecule has 2 heterocycles. The molecule has 0 amide bonds. The molecular formula is C15H14FN3O2. The highest BCUT2D eigenvalue weighted by Gasteiger charge is 2.30. The highest BCUT2D eigenvalue weighted by Crippen LogP contribution is 2.37. The molecule has 1 atom stereocenters. The van der Waals surface area contributed by atoms with Gasteiger partial charge in [-0.05, 0) is 17.7 Å². The molecule has 0 radical (unpaired) electrons. The van der Waals surface area contributed by atoms with Crippen LogP contribution in [0.2, 0.25) is 0 Å². The third kappa shape index (κ3) is 2.48. The van der Waals surface area contributed by atoms with Gasteiger partial charge in [-0.25, -0.2) is 4.39 Å². The number of rotatable bonds is 4. The molecular weight excluding hydrogens is 273 g/mol. The van der Waals surface area contributed by atoms with E-state index in [1.165, 1.54) is 6.07 Å². The molecule has 1 aromatic heterocycles. The Bertz CT molecular complexity index is 692. The molecule has 5 nitrogen and oxygen atoms in total.